The summed E-state index contributed by atoms with van der Waals surface area (Å²) >= 11 is 6.16. The Labute approximate surface area is 112 Å². The van der Waals surface area contributed by atoms with Gasteiger partial charge in [0.1, 0.15) is 12.2 Å². The van der Waals surface area contributed by atoms with Crippen molar-refractivity contribution >= 4 is 11.6 Å². The van der Waals surface area contributed by atoms with E-state index in [0.717, 1.165) is 29.4 Å². The van der Waals surface area contributed by atoms with Crippen LogP contribution in [0, 0.1) is 0 Å². The van der Waals surface area contributed by atoms with Crippen molar-refractivity contribution in [1.82, 2.24) is 20.1 Å². The molecule has 18 heavy (non-hydrogen) atoms. The molecule has 96 valence electrons. The second-order valence-corrected chi connectivity index (χ2v) is 4.71. The third-order valence-corrected chi connectivity index (χ3v) is 3.32. The molecule has 4 nitrogen and oxygen atoms in total. The Morgan fingerprint density at radius 2 is 2.17 bits per heavy atom. The summed E-state index contributed by atoms with van der Waals surface area (Å²) in [5.74, 6) is 0.980. The van der Waals surface area contributed by atoms with Crippen molar-refractivity contribution in [3.8, 4) is 0 Å². The van der Waals surface area contributed by atoms with E-state index in [4.69, 9.17) is 11.6 Å². The van der Waals surface area contributed by atoms with E-state index in [1.165, 1.54) is 0 Å². The van der Waals surface area contributed by atoms with Crippen LogP contribution >= 0.6 is 11.6 Å². The molecule has 1 aromatic carbocycles. The van der Waals surface area contributed by atoms with Gasteiger partial charge < -0.3 is 9.88 Å². The highest BCUT2D eigenvalue weighted by Gasteiger charge is 2.08. The average Bonchev–Trinajstić information content (AvgIpc) is 2.75. The van der Waals surface area contributed by atoms with Crippen LogP contribution in [0.5, 0.6) is 0 Å². The minimum Gasteiger partial charge on any atom is -0.321 e. The van der Waals surface area contributed by atoms with Crippen LogP contribution in [0.4, 0.5) is 0 Å². The van der Waals surface area contributed by atoms with Gasteiger partial charge in [-0.1, -0.05) is 29.8 Å². The molecular formula is C13H17ClN4. The second kappa shape index (κ2) is 5.98. The Bertz CT molecular complexity index is 509. The summed E-state index contributed by atoms with van der Waals surface area (Å²) in [7, 11) is 1.95. The standard InChI is InChI=1S/C13H17ClN4/c1-10(11-5-3-4-6-12(11)14)15-8-7-13-17-16-9-18(13)2/h3-6,9-10,15H,7-8H2,1-2H3. The van der Waals surface area contributed by atoms with Gasteiger partial charge in [-0.3, -0.25) is 0 Å². The molecule has 1 N–H and O–H groups in total. The molecule has 5 heteroatoms. The lowest BCUT2D eigenvalue weighted by atomic mass is 10.1. The van der Waals surface area contributed by atoms with Crippen LogP contribution in [-0.2, 0) is 13.5 Å². The number of nitrogens with zero attached hydrogens (tertiary/aromatic N) is 3. The zero-order chi connectivity index (χ0) is 13.0. The van der Waals surface area contributed by atoms with E-state index in [9.17, 15) is 0 Å². The molecule has 1 heterocycles. The number of hydrogen-bond acceptors (Lipinski definition) is 3. The number of hydrogen-bond donors (Lipinski definition) is 1. The topological polar surface area (TPSA) is 42.7 Å². The predicted molar refractivity (Wildman–Crippen MR) is 72.6 cm³/mol. The van der Waals surface area contributed by atoms with Crippen molar-refractivity contribution in [1.29, 1.82) is 0 Å². The largest absolute Gasteiger partial charge is 0.321 e. The number of aryl methyl sites for hydroxylation is 1. The first-order valence-corrected chi connectivity index (χ1v) is 6.37. The normalized spacial score (nSPS) is 12.6. The lowest BCUT2D eigenvalue weighted by molar-refractivity contribution is 0.564. The van der Waals surface area contributed by atoms with E-state index >= 15 is 0 Å². The fraction of sp³-hybridized carbons (Fsp3) is 0.385. The Morgan fingerprint density at radius 3 is 2.83 bits per heavy atom. The van der Waals surface area contributed by atoms with E-state index in [-0.39, 0.29) is 6.04 Å². The SMILES string of the molecule is CC(NCCc1nncn1C)c1ccccc1Cl. The van der Waals surface area contributed by atoms with Crippen LogP contribution in [0.15, 0.2) is 30.6 Å². The highest BCUT2D eigenvalue weighted by Crippen LogP contribution is 2.21. The maximum absolute atomic E-state index is 6.16. The predicted octanol–water partition coefficient (Wildman–Crippen LogP) is 2.36. The molecule has 0 amide bonds. The number of nitrogens with one attached hydrogen (secondary N) is 1. The van der Waals surface area contributed by atoms with Crippen molar-refractivity contribution in [3.63, 3.8) is 0 Å². The molecule has 0 fully saturated rings. The van der Waals surface area contributed by atoms with Crippen LogP contribution in [0.25, 0.3) is 0 Å². The highest BCUT2D eigenvalue weighted by molar-refractivity contribution is 6.31. The molecule has 1 aromatic heterocycles. The molecule has 0 spiro atoms. The maximum atomic E-state index is 6.16. The lowest BCUT2D eigenvalue weighted by Gasteiger charge is -2.15. The highest BCUT2D eigenvalue weighted by atomic mass is 35.5. The number of aromatic nitrogens is 3. The quantitative estimate of drug-likeness (QED) is 0.902. The number of rotatable bonds is 5. The van der Waals surface area contributed by atoms with Crippen molar-refractivity contribution in [2.45, 2.75) is 19.4 Å². The van der Waals surface area contributed by atoms with Crippen LogP contribution in [0.3, 0.4) is 0 Å². The van der Waals surface area contributed by atoms with Gasteiger partial charge in [-0.05, 0) is 18.6 Å². The van der Waals surface area contributed by atoms with Gasteiger partial charge in [-0.2, -0.15) is 0 Å². The molecule has 2 aromatic rings. The van der Waals surface area contributed by atoms with Crippen LogP contribution in [-0.4, -0.2) is 21.3 Å². The summed E-state index contributed by atoms with van der Waals surface area (Å²) in [5.41, 5.74) is 1.12. The molecule has 1 unspecified atom stereocenters. The van der Waals surface area contributed by atoms with Gasteiger partial charge in [0, 0.05) is 31.1 Å². The Hall–Kier alpha value is -1.39. The molecule has 0 saturated carbocycles. The molecule has 0 aliphatic heterocycles. The lowest BCUT2D eigenvalue weighted by Crippen LogP contribution is -2.22. The second-order valence-electron chi connectivity index (χ2n) is 4.31. The van der Waals surface area contributed by atoms with E-state index in [2.05, 4.69) is 22.4 Å². The average molecular weight is 265 g/mol. The summed E-state index contributed by atoms with van der Waals surface area (Å²) in [6, 6.07) is 8.13. The fourth-order valence-corrected chi connectivity index (χ4v) is 2.17. The van der Waals surface area contributed by atoms with Crippen molar-refractivity contribution in [2.24, 2.45) is 7.05 Å². The fourth-order valence-electron chi connectivity index (χ4n) is 1.87. The maximum Gasteiger partial charge on any atom is 0.133 e. The minimum atomic E-state index is 0.229. The monoisotopic (exact) mass is 264 g/mol. The van der Waals surface area contributed by atoms with E-state index in [0.29, 0.717) is 0 Å². The van der Waals surface area contributed by atoms with E-state index < -0.39 is 0 Å². The van der Waals surface area contributed by atoms with E-state index in [1.54, 1.807) is 6.33 Å². The van der Waals surface area contributed by atoms with Crippen LogP contribution in [0.1, 0.15) is 24.4 Å². The molecule has 2 rings (SSSR count). The van der Waals surface area contributed by atoms with Gasteiger partial charge in [-0.25, -0.2) is 0 Å². The first kappa shape index (κ1) is 13.1. The summed E-state index contributed by atoms with van der Waals surface area (Å²) in [5, 5.41) is 12.1. The van der Waals surface area contributed by atoms with Gasteiger partial charge >= 0.3 is 0 Å². The summed E-state index contributed by atoms with van der Waals surface area (Å²) in [4.78, 5) is 0. The molecule has 0 radical (unpaired) electrons. The number of benzene rings is 1. The van der Waals surface area contributed by atoms with Crippen molar-refractivity contribution in [2.75, 3.05) is 6.54 Å². The zero-order valence-corrected chi connectivity index (χ0v) is 11.4. The van der Waals surface area contributed by atoms with Crippen molar-refractivity contribution < 1.29 is 0 Å². The molecule has 0 saturated heterocycles. The smallest absolute Gasteiger partial charge is 0.133 e. The Kier molecular flexibility index (Phi) is 4.33. The first-order chi connectivity index (χ1) is 8.68. The Morgan fingerprint density at radius 1 is 1.39 bits per heavy atom. The first-order valence-electron chi connectivity index (χ1n) is 5.99. The minimum absolute atomic E-state index is 0.229. The Balaban J connectivity index is 1.87. The van der Waals surface area contributed by atoms with Gasteiger partial charge in [0.25, 0.3) is 0 Å². The van der Waals surface area contributed by atoms with Gasteiger partial charge in [0.05, 0.1) is 0 Å². The molecule has 0 aliphatic carbocycles. The molecule has 0 aliphatic rings. The van der Waals surface area contributed by atoms with Crippen molar-refractivity contribution in [3.05, 3.63) is 47.0 Å². The third kappa shape index (κ3) is 3.09. The van der Waals surface area contributed by atoms with Gasteiger partial charge in [0.2, 0.25) is 0 Å². The number of halogens is 1. The summed E-state index contributed by atoms with van der Waals surface area (Å²) in [6.07, 6.45) is 2.57. The van der Waals surface area contributed by atoms with Crippen LogP contribution in [0.2, 0.25) is 5.02 Å². The van der Waals surface area contributed by atoms with Crippen LogP contribution < -0.4 is 5.32 Å². The molecular weight excluding hydrogens is 248 g/mol. The van der Waals surface area contributed by atoms with E-state index in [1.807, 2.05) is 35.9 Å². The molecule has 1 atom stereocenters. The zero-order valence-electron chi connectivity index (χ0n) is 10.6. The third-order valence-electron chi connectivity index (χ3n) is 2.98. The summed E-state index contributed by atoms with van der Waals surface area (Å²) in [6.45, 7) is 2.96. The van der Waals surface area contributed by atoms with Gasteiger partial charge in [0.15, 0.2) is 0 Å². The molecule has 0 bridgehead atoms. The summed E-state index contributed by atoms with van der Waals surface area (Å²) < 4.78 is 1.93. The van der Waals surface area contributed by atoms with Gasteiger partial charge in [-0.15, -0.1) is 10.2 Å².